The van der Waals surface area contributed by atoms with E-state index in [1.165, 1.54) is 24.9 Å². The van der Waals surface area contributed by atoms with Crippen LogP contribution in [-0.2, 0) is 11.3 Å². The number of anilines is 1. The molecule has 3 rings (SSSR count). The SMILES string of the molecule is CS[C@H](C)CC(=O)N1C[C@@H]2CCCN2Cc2ccccc21. The topological polar surface area (TPSA) is 23.6 Å². The van der Waals surface area contributed by atoms with E-state index in [-0.39, 0.29) is 5.91 Å². The number of carbonyl (C=O) groups is 1. The third-order valence-electron chi connectivity index (χ3n) is 4.71. The Labute approximate surface area is 131 Å². The fourth-order valence-corrected chi connectivity index (χ4v) is 3.73. The minimum Gasteiger partial charge on any atom is -0.310 e. The first-order chi connectivity index (χ1) is 10.2. The second-order valence-corrected chi connectivity index (χ2v) is 7.43. The van der Waals surface area contributed by atoms with Gasteiger partial charge in [-0.25, -0.2) is 0 Å². The molecule has 0 N–H and O–H groups in total. The number of fused-ring (bicyclic) bond motifs is 2. The van der Waals surface area contributed by atoms with Crippen LogP contribution in [0.1, 0.15) is 31.7 Å². The monoisotopic (exact) mass is 304 g/mol. The number of hydrogen-bond donors (Lipinski definition) is 0. The van der Waals surface area contributed by atoms with Crippen LogP contribution in [-0.4, -0.2) is 41.4 Å². The molecule has 0 aromatic heterocycles. The van der Waals surface area contributed by atoms with Gasteiger partial charge < -0.3 is 4.90 Å². The number of carbonyl (C=O) groups excluding carboxylic acids is 1. The normalized spacial score (nSPS) is 23.3. The van der Waals surface area contributed by atoms with Crippen LogP contribution in [0.5, 0.6) is 0 Å². The van der Waals surface area contributed by atoms with Gasteiger partial charge in [0.15, 0.2) is 0 Å². The fourth-order valence-electron chi connectivity index (χ4n) is 3.42. The lowest BCUT2D eigenvalue weighted by molar-refractivity contribution is -0.118. The molecule has 2 heterocycles. The first-order valence-electron chi connectivity index (χ1n) is 7.84. The molecule has 1 aromatic rings. The molecule has 1 saturated heterocycles. The van der Waals surface area contributed by atoms with Gasteiger partial charge in [-0.3, -0.25) is 9.69 Å². The lowest BCUT2D eigenvalue weighted by Gasteiger charge is -2.27. The second kappa shape index (κ2) is 6.41. The number of amides is 1. The van der Waals surface area contributed by atoms with E-state index in [9.17, 15) is 4.79 Å². The summed E-state index contributed by atoms with van der Waals surface area (Å²) in [6.45, 7) is 5.15. The zero-order valence-electron chi connectivity index (χ0n) is 12.9. The summed E-state index contributed by atoms with van der Waals surface area (Å²) in [6.07, 6.45) is 5.18. The van der Waals surface area contributed by atoms with Crippen molar-refractivity contribution in [1.82, 2.24) is 4.90 Å². The number of para-hydroxylation sites is 1. The Morgan fingerprint density at radius 3 is 3.05 bits per heavy atom. The highest BCUT2D eigenvalue weighted by Crippen LogP contribution is 2.32. The van der Waals surface area contributed by atoms with E-state index in [4.69, 9.17) is 0 Å². The molecule has 2 aliphatic rings. The molecule has 4 heteroatoms. The zero-order valence-corrected chi connectivity index (χ0v) is 13.7. The molecule has 3 nitrogen and oxygen atoms in total. The maximum Gasteiger partial charge on any atom is 0.228 e. The summed E-state index contributed by atoms with van der Waals surface area (Å²) in [5.41, 5.74) is 2.43. The maximum absolute atomic E-state index is 12.8. The number of benzene rings is 1. The molecule has 0 spiro atoms. The van der Waals surface area contributed by atoms with Gasteiger partial charge in [-0.05, 0) is 37.3 Å². The van der Waals surface area contributed by atoms with E-state index in [0.29, 0.717) is 17.7 Å². The summed E-state index contributed by atoms with van der Waals surface area (Å²) in [4.78, 5) is 17.4. The molecular weight excluding hydrogens is 280 g/mol. The fraction of sp³-hybridized carbons (Fsp3) is 0.588. The Morgan fingerprint density at radius 1 is 1.43 bits per heavy atom. The van der Waals surface area contributed by atoms with Crippen molar-refractivity contribution in [3.8, 4) is 0 Å². The van der Waals surface area contributed by atoms with Crippen molar-refractivity contribution in [3.05, 3.63) is 29.8 Å². The predicted octanol–water partition coefficient (Wildman–Crippen LogP) is 3.14. The van der Waals surface area contributed by atoms with E-state index in [2.05, 4.69) is 41.2 Å². The van der Waals surface area contributed by atoms with E-state index < -0.39 is 0 Å². The van der Waals surface area contributed by atoms with Gasteiger partial charge in [-0.2, -0.15) is 11.8 Å². The van der Waals surface area contributed by atoms with Crippen molar-refractivity contribution in [2.24, 2.45) is 0 Å². The molecule has 0 bridgehead atoms. The summed E-state index contributed by atoms with van der Waals surface area (Å²) < 4.78 is 0. The third-order valence-corrected chi connectivity index (χ3v) is 5.69. The lowest BCUT2D eigenvalue weighted by Crippen LogP contribution is -2.41. The van der Waals surface area contributed by atoms with Crippen molar-refractivity contribution in [1.29, 1.82) is 0 Å². The van der Waals surface area contributed by atoms with Crippen molar-refractivity contribution >= 4 is 23.4 Å². The van der Waals surface area contributed by atoms with Crippen molar-refractivity contribution < 1.29 is 4.79 Å². The highest BCUT2D eigenvalue weighted by atomic mass is 32.2. The van der Waals surface area contributed by atoms with Crippen LogP contribution in [0.3, 0.4) is 0 Å². The molecule has 2 aliphatic heterocycles. The highest BCUT2D eigenvalue weighted by Gasteiger charge is 2.33. The van der Waals surface area contributed by atoms with E-state index >= 15 is 0 Å². The Balaban J connectivity index is 1.88. The van der Waals surface area contributed by atoms with Crippen LogP contribution in [0.25, 0.3) is 0 Å². The van der Waals surface area contributed by atoms with E-state index in [1.54, 1.807) is 11.8 Å². The van der Waals surface area contributed by atoms with Gasteiger partial charge in [0.2, 0.25) is 5.91 Å². The minimum atomic E-state index is 0.276. The molecule has 1 amide bonds. The standard InChI is InChI=1S/C17H24N2OS/c1-13(21-2)10-17(20)19-12-15-7-5-9-18(15)11-14-6-3-4-8-16(14)19/h3-4,6,8,13,15H,5,7,9-12H2,1-2H3/t13-,15+/m1/s1. The molecule has 1 fully saturated rings. The summed E-state index contributed by atoms with van der Waals surface area (Å²) in [5.74, 6) is 0.276. The summed E-state index contributed by atoms with van der Waals surface area (Å²) >= 11 is 1.77. The first kappa shape index (κ1) is 14.9. The van der Waals surface area contributed by atoms with Crippen molar-refractivity contribution in [3.63, 3.8) is 0 Å². The largest absolute Gasteiger partial charge is 0.310 e. The first-order valence-corrected chi connectivity index (χ1v) is 9.13. The molecule has 2 atom stereocenters. The van der Waals surface area contributed by atoms with Gasteiger partial charge in [0.25, 0.3) is 0 Å². The molecule has 0 radical (unpaired) electrons. The Hall–Kier alpha value is -1.00. The summed E-state index contributed by atoms with van der Waals surface area (Å²) in [5, 5.41) is 0.382. The number of nitrogens with zero attached hydrogens (tertiary/aromatic N) is 2. The average Bonchev–Trinajstić information content (AvgIpc) is 2.86. The van der Waals surface area contributed by atoms with Crippen LogP contribution < -0.4 is 4.90 Å². The average molecular weight is 304 g/mol. The Kier molecular flexibility index (Phi) is 4.55. The third kappa shape index (κ3) is 3.11. The Morgan fingerprint density at radius 2 is 2.24 bits per heavy atom. The Bertz CT molecular complexity index is 519. The van der Waals surface area contributed by atoms with Gasteiger partial charge in [-0.1, -0.05) is 25.1 Å². The molecule has 21 heavy (non-hydrogen) atoms. The minimum absolute atomic E-state index is 0.276. The van der Waals surface area contributed by atoms with Crippen molar-refractivity contribution in [2.75, 3.05) is 24.2 Å². The maximum atomic E-state index is 12.8. The molecule has 1 aromatic carbocycles. The molecule has 0 aliphatic carbocycles. The predicted molar refractivity (Wildman–Crippen MR) is 89.8 cm³/mol. The molecule has 0 saturated carbocycles. The van der Waals surface area contributed by atoms with Crippen LogP contribution >= 0.6 is 11.8 Å². The second-order valence-electron chi connectivity index (χ2n) is 6.15. The number of hydrogen-bond acceptors (Lipinski definition) is 3. The smallest absolute Gasteiger partial charge is 0.228 e. The van der Waals surface area contributed by atoms with Gasteiger partial charge in [0.1, 0.15) is 0 Å². The molecular formula is C17H24N2OS. The quantitative estimate of drug-likeness (QED) is 0.857. The molecule has 0 unspecified atom stereocenters. The summed E-state index contributed by atoms with van der Waals surface area (Å²) in [7, 11) is 0. The molecule has 114 valence electrons. The lowest BCUT2D eigenvalue weighted by atomic mass is 10.1. The number of thioether (sulfide) groups is 1. The van der Waals surface area contributed by atoms with Crippen LogP contribution in [0.15, 0.2) is 24.3 Å². The van der Waals surface area contributed by atoms with Gasteiger partial charge in [-0.15, -0.1) is 0 Å². The van der Waals surface area contributed by atoms with Gasteiger partial charge >= 0.3 is 0 Å². The number of rotatable bonds is 3. The van der Waals surface area contributed by atoms with Gasteiger partial charge in [0.05, 0.1) is 0 Å². The van der Waals surface area contributed by atoms with Crippen LogP contribution in [0, 0.1) is 0 Å². The van der Waals surface area contributed by atoms with Crippen LogP contribution in [0.2, 0.25) is 0 Å². The summed E-state index contributed by atoms with van der Waals surface area (Å²) in [6, 6.07) is 8.95. The van der Waals surface area contributed by atoms with Crippen LogP contribution in [0.4, 0.5) is 5.69 Å². The zero-order chi connectivity index (χ0) is 14.8. The van der Waals surface area contributed by atoms with Gasteiger partial charge in [0, 0.05) is 36.5 Å². The highest BCUT2D eigenvalue weighted by molar-refractivity contribution is 7.99. The van der Waals surface area contributed by atoms with E-state index in [1.807, 2.05) is 6.07 Å². The van der Waals surface area contributed by atoms with E-state index in [0.717, 1.165) is 18.8 Å². The van der Waals surface area contributed by atoms with Crippen molar-refractivity contribution in [2.45, 2.75) is 44.0 Å².